The second-order valence-corrected chi connectivity index (χ2v) is 5.60. The van der Waals surface area contributed by atoms with E-state index in [2.05, 4.69) is 12.1 Å². The number of hydrogen-bond acceptors (Lipinski definition) is 2. The van der Waals surface area contributed by atoms with Gasteiger partial charge >= 0.3 is 0 Å². The summed E-state index contributed by atoms with van der Waals surface area (Å²) in [6.07, 6.45) is 7.39. The van der Waals surface area contributed by atoms with E-state index < -0.39 is 15.5 Å². The molecule has 0 amide bonds. The van der Waals surface area contributed by atoms with E-state index in [9.17, 15) is 12.8 Å². The van der Waals surface area contributed by atoms with Crippen molar-refractivity contribution in [1.82, 2.24) is 0 Å². The first-order chi connectivity index (χ1) is 6.98. The zero-order chi connectivity index (χ0) is 11.7. The Bertz CT molecular complexity index is 242. The van der Waals surface area contributed by atoms with E-state index >= 15 is 0 Å². The van der Waals surface area contributed by atoms with Crippen molar-refractivity contribution < 1.29 is 12.8 Å². The maximum absolute atomic E-state index is 12.8. The zero-order valence-corrected chi connectivity index (χ0v) is 10.2. The fraction of sp³-hybridized carbons (Fsp3) is 1.00. The van der Waals surface area contributed by atoms with Gasteiger partial charge in [-0.1, -0.05) is 45.4 Å². The molecule has 92 valence electrons. The van der Waals surface area contributed by atoms with Gasteiger partial charge in [0.1, 0.15) is 0 Å². The lowest BCUT2D eigenvalue weighted by Gasteiger charge is -2.05. The van der Waals surface area contributed by atoms with Crippen LogP contribution < -0.4 is 5.14 Å². The van der Waals surface area contributed by atoms with Gasteiger partial charge in [-0.15, -0.1) is 0 Å². The highest BCUT2D eigenvalue weighted by atomic mass is 32.2. The first kappa shape index (κ1) is 14.8. The second-order valence-electron chi connectivity index (χ2n) is 3.91. The first-order valence-corrected chi connectivity index (χ1v) is 7.25. The van der Waals surface area contributed by atoms with Crippen molar-refractivity contribution in [2.24, 2.45) is 5.14 Å². The molecule has 0 spiro atoms. The Kier molecular flexibility index (Phi) is 7.96. The summed E-state index contributed by atoms with van der Waals surface area (Å²) in [5.41, 5.74) is -1.88. The topological polar surface area (TPSA) is 60.2 Å². The predicted molar refractivity (Wildman–Crippen MR) is 60.6 cm³/mol. The van der Waals surface area contributed by atoms with E-state index in [0.29, 0.717) is 6.42 Å². The molecule has 0 aliphatic rings. The molecule has 0 fully saturated rings. The van der Waals surface area contributed by atoms with Crippen LogP contribution in [0.4, 0.5) is 4.39 Å². The predicted octanol–water partition coefficient (Wildman–Crippen LogP) is 2.71. The van der Waals surface area contributed by atoms with E-state index in [1.807, 2.05) is 0 Å². The Morgan fingerprint density at radius 3 is 2.00 bits per heavy atom. The average Bonchev–Trinajstić information content (AvgIpc) is 2.14. The Labute approximate surface area is 92.3 Å². The Morgan fingerprint density at radius 2 is 1.53 bits per heavy atom. The van der Waals surface area contributed by atoms with Gasteiger partial charge in [0.2, 0.25) is 15.5 Å². The van der Waals surface area contributed by atoms with Crippen LogP contribution in [0.15, 0.2) is 0 Å². The largest absolute Gasteiger partial charge is 0.241 e. The fourth-order valence-electron chi connectivity index (χ4n) is 1.43. The standard InChI is InChI=1S/C10H22FNO2S/c1-2-3-4-5-6-7-8-9-10(11)15(12,13)14/h10H,2-9H2,1H3,(H2,12,13,14). The second kappa shape index (κ2) is 8.05. The molecule has 15 heavy (non-hydrogen) atoms. The third-order valence-corrected chi connectivity index (χ3v) is 3.34. The Balaban J connectivity index is 3.32. The van der Waals surface area contributed by atoms with Crippen molar-refractivity contribution in [3.05, 3.63) is 0 Å². The molecular weight excluding hydrogens is 217 g/mol. The molecule has 0 saturated carbocycles. The molecule has 1 atom stereocenters. The lowest BCUT2D eigenvalue weighted by atomic mass is 10.1. The number of unbranched alkanes of at least 4 members (excludes halogenated alkanes) is 6. The molecule has 0 aromatic rings. The molecular formula is C10H22FNO2S. The van der Waals surface area contributed by atoms with Gasteiger partial charge in [-0.05, 0) is 12.8 Å². The van der Waals surface area contributed by atoms with Crippen molar-refractivity contribution in [2.45, 2.75) is 63.8 Å². The Morgan fingerprint density at radius 1 is 1.07 bits per heavy atom. The Hall–Kier alpha value is -0.160. The SMILES string of the molecule is CCCCCCCCCC(F)S(N)(=O)=O. The monoisotopic (exact) mass is 239 g/mol. The molecule has 3 nitrogen and oxygen atoms in total. The van der Waals surface area contributed by atoms with Gasteiger partial charge in [0, 0.05) is 0 Å². The lowest BCUT2D eigenvalue weighted by Crippen LogP contribution is -2.24. The van der Waals surface area contributed by atoms with Crippen LogP contribution in [0, 0.1) is 0 Å². The molecule has 0 aliphatic carbocycles. The van der Waals surface area contributed by atoms with Gasteiger partial charge in [-0.25, -0.2) is 17.9 Å². The number of alkyl halides is 1. The highest BCUT2D eigenvalue weighted by Crippen LogP contribution is 2.12. The highest BCUT2D eigenvalue weighted by molar-refractivity contribution is 7.89. The maximum atomic E-state index is 12.8. The number of sulfonamides is 1. The zero-order valence-electron chi connectivity index (χ0n) is 9.41. The van der Waals surface area contributed by atoms with Crippen LogP contribution in [-0.4, -0.2) is 13.9 Å². The summed E-state index contributed by atoms with van der Waals surface area (Å²) in [4.78, 5) is 0. The molecule has 0 bridgehead atoms. The van der Waals surface area contributed by atoms with Gasteiger partial charge in [0.05, 0.1) is 0 Å². The van der Waals surface area contributed by atoms with Crippen LogP contribution in [0.25, 0.3) is 0 Å². The van der Waals surface area contributed by atoms with Gasteiger partial charge in [0.25, 0.3) is 0 Å². The summed E-state index contributed by atoms with van der Waals surface area (Å²) >= 11 is 0. The molecule has 2 N–H and O–H groups in total. The summed E-state index contributed by atoms with van der Waals surface area (Å²) in [6.45, 7) is 2.15. The molecule has 0 aliphatic heterocycles. The van der Waals surface area contributed by atoms with Crippen molar-refractivity contribution in [3.8, 4) is 0 Å². The van der Waals surface area contributed by atoms with Crippen LogP contribution in [0.5, 0.6) is 0 Å². The summed E-state index contributed by atoms with van der Waals surface area (Å²) in [5.74, 6) is 0. The van der Waals surface area contributed by atoms with E-state index in [0.717, 1.165) is 19.3 Å². The van der Waals surface area contributed by atoms with Crippen molar-refractivity contribution in [3.63, 3.8) is 0 Å². The van der Waals surface area contributed by atoms with Gasteiger partial charge in [0.15, 0.2) is 0 Å². The summed E-state index contributed by atoms with van der Waals surface area (Å²) in [7, 11) is -3.97. The van der Waals surface area contributed by atoms with Gasteiger partial charge < -0.3 is 0 Å². The van der Waals surface area contributed by atoms with Gasteiger partial charge in [-0.3, -0.25) is 0 Å². The van der Waals surface area contributed by atoms with Crippen molar-refractivity contribution in [2.75, 3.05) is 0 Å². The van der Waals surface area contributed by atoms with Crippen molar-refractivity contribution in [1.29, 1.82) is 0 Å². The number of hydrogen-bond donors (Lipinski definition) is 1. The van der Waals surface area contributed by atoms with E-state index in [4.69, 9.17) is 0 Å². The minimum absolute atomic E-state index is 0.0343. The first-order valence-electron chi connectivity index (χ1n) is 5.64. The molecule has 1 unspecified atom stereocenters. The number of primary sulfonamides is 1. The van der Waals surface area contributed by atoms with Crippen LogP contribution >= 0.6 is 0 Å². The molecule has 0 radical (unpaired) electrons. The molecule has 0 aromatic carbocycles. The third kappa shape index (κ3) is 8.81. The lowest BCUT2D eigenvalue weighted by molar-refractivity contribution is 0.385. The van der Waals surface area contributed by atoms with Crippen LogP contribution in [0.3, 0.4) is 0 Å². The summed E-state index contributed by atoms with van der Waals surface area (Å²) in [6, 6.07) is 0. The van der Waals surface area contributed by atoms with Crippen molar-refractivity contribution >= 4 is 10.0 Å². The number of halogens is 1. The fourth-order valence-corrected chi connectivity index (χ4v) is 1.92. The molecule has 0 saturated heterocycles. The normalized spacial score (nSPS) is 14.1. The third-order valence-electron chi connectivity index (χ3n) is 2.39. The summed E-state index contributed by atoms with van der Waals surface area (Å²) < 4.78 is 33.9. The van der Waals surface area contributed by atoms with Crippen LogP contribution in [0.2, 0.25) is 0 Å². The quantitative estimate of drug-likeness (QED) is 0.629. The highest BCUT2D eigenvalue weighted by Gasteiger charge is 2.18. The minimum Gasteiger partial charge on any atom is -0.229 e. The molecule has 5 heteroatoms. The van der Waals surface area contributed by atoms with Gasteiger partial charge in [-0.2, -0.15) is 0 Å². The van der Waals surface area contributed by atoms with Crippen LogP contribution in [0.1, 0.15) is 58.3 Å². The summed E-state index contributed by atoms with van der Waals surface area (Å²) in [5, 5.41) is 4.66. The number of nitrogens with two attached hydrogens (primary N) is 1. The van der Waals surface area contributed by atoms with E-state index in [1.165, 1.54) is 19.3 Å². The molecule has 0 rings (SSSR count). The number of rotatable bonds is 9. The average molecular weight is 239 g/mol. The van der Waals surface area contributed by atoms with Crippen LogP contribution in [-0.2, 0) is 10.0 Å². The minimum atomic E-state index is -3.97. The maximum Gasteiger partial charge on any atom is 0.241 e. The molecule has 0 aromatic heterocycles. The van der Waals surface area contributed by atoms with E-state index in [-0.39, 0.29) is 6.42 Å². The van der Waals surface area contributed by atoms with E-state index in [1.54, 1.807) is 0 Å². The molecule has 0 heterocycles. The smallest absolute Gasteiger partial charge is 0.229 e.